The molecule has 25 heavy (non-hydrogen) atoms. The molecule has 0 bridgehead atoms. The number of rotatable bonds is 3. The molecule has 0 aliphatic heterocycles. The summed E-state index contributed by atoms with van der Waals surface area (Å²) < 4.78 is 13.8. The van der Waals surface area contributed by atoms with Crippen LogP contribution in [0.15, 0.2) is 42.5 Å². The highest BCUT2D eigenvalue weighted by Crippen LogP contribution is 2.29. The van der Waals surface area contributed by atoms with E-state index in [1.165, 1.54) is 6.07 Å². The van der Waals surface area contributed by atoms with Crippen LogP contribution in [-0.4, -0.2) is 31.5 Å². The first kappa shape index (κ1) is 15.0. The monoisotopic (exact) mass is 336 g/mol. The summed E-state index contributed by atoms with van der Waals surface area (Å²) >= 11 is 0. The molecule has 0 fully saturated rings. The van der Waals surface area contributed by atoms with E-state index in [9.17, 15) is 9.18 Å². The second kappa shape index (κ2) is 5.82. The number of amides is 1. The van der Waals surface area contributed by atoms with Crippen LogP contribution in [0.3, 0.4) is 0 Å². The molecule has 2 aromatic carbocycles. The Labute approximate surface area is 141 Å². The summed E-state index contributed by atoms with van der Waals surface area (Å²) in [7, 11) is 0. The van der Waals surface area contributed by atoms with Gasteiger partial charge in [-0.05, 0) is 13.0 Å². The Hall–Kier alpha value is -3.55. The first-order valence-electron chi connectivity index (χ1n) is 7.55. The zero-order chi connectivity index (χ0) is 17.4. The van der Waals surface area contributed by atoms with Crippen molar-refractivity contribution >= 4 is 22.6 Å². The number of benzene rings is 2. The number of aromatic amines is 2. The average Bonchev–Trinajstić information content (AvgIpc) is 3.22. The minimum Gasteiger partial charge on any atom is -0.318 e. The molecule has 0 unspecified atom stereocenters. The van der Waals surface area contributed by atoms with E-state index in [2.05, 4.69) is 30.9 Å². The van der Waals surface area contributed by atoms with Gasteiger partial charge in [-0.25, -0.2) is 4.39 Å². The van der Waals surface area contributed by atoms with Gasteiger partial charge in [0.15, 0.2) is 0 Å². The number of fused-ring (bicyclic) bond motifs is 1. The molecule has 1 amide bonds. The van der Waals surface area contributed by atoms with Crippen LogP contribution in [0.5, 0.6) is 0 Å². The van der Waals surface area contributed by atoms with Gasteiger partial charge in [-0.1, -0.05) is 30.3 Å². The number of carbonyl (C=O) groups is 1. The summed E-state index contributed by atoms with van der Waals surface area (Å²) in [6, 6.07) is 11.8. The number of hydrogen-bond donors (Lipinski definition) is 3. The van der Waals surface area contributed by atoms with Crippen LogP contribution in [0.2, 0.25) is 0 Å². The van der Waals surface area contributed by atoms with Gasteiger partial charge in [0.2, 0.25) is 0 Å². The predicted octanol–water partition coefficient (Wildman–Crippen LogP) is 3.05. The molecule has 8 heteroatoms. The van der Waals surface area contributed by atoms with E-state index in [0.717, 1.165) is 11.6 Å². The van der Waals surface area contributed by atoms with E-state index in [-0.39, 0.29) is 11.1 Å². The van der Waals surface area contributed by atoms with Crippen LogP contribution in [0.25, 0.3) is 22.3 Å². The van der Waals surface area contributed by atoms with Gasteiger partial charge in [-0.15, -0.1) is 0 Å². The van der Waals surface area contributed by atoms with Crippen molar-refractivity contribution < 1.29 is 9.18 Å². The predicted molar refractivity (Wildman–Crippen MR) is 90.6 cm³/mol. The van der Waals surface area contributed by atoms with E-state index < -0.39 is 11.7 Å². The quantitative estimate of drug-likeness (QED) is 0.535. The molecular formula is C17H13FN6O. The van der Waals surface area contributed by atoms with Crippen molar-refractivity contribution in [2.24, 2.45) is 0 Å². The summed E-state index contributed by atoms with van der Waals surface area (Å²) in [5, 5.41) is 20.1. The fourth-order valence-corrected chi connectivity index (χ4v) is 2.66. The SMILES string of the molecule is Cc1[nH]nc(-c2ccccc2)c1NC(=O)c1cc(F)cc2n[nH]nc12. The molecule has 0 aliphatic carbocycles. The molecule has 124 valence electrons. The van der Waals surface area contributed by atoms with Gasteiger partial charge in [0, 0.05) is 11.6 Å². The summed E-state index contributed by atoms with van der Waals surface area (Å²) in [6.07, 6.45) is 0. The van der Waals surface area contributed by atoms with Gasteiger partial charge in [0.05, 0.1) is 16.9 Å². The molecule has 4 aromatic rings. The molecule has 2 heterocycles. The number of hydrogen-bond acceptors (Lipinski definition) is 4. The molecule has 0 saturated heterocycles. The second-order valence-electron chi connectivity index (χ2n) is 5.54. The molecule has 7 nitrogen and oxygen atoms in total. The summed E-state index contributed by atoms with van der Waals surface area (Å²) in [6.45, 7) is 1.80. The average molecular weight is 336 g/mol. The first-order chi connectivity index (χ1) is 12.1. The van der Waals surface area contributed by atoms with Gasteiger partial charge in [-0.3, -0.25) is 9.89 Å². The second-order valence-corrected chi connectivity index (χ2v) is 5.54. The molecule has 0 radical (unpaired) electrons. The largest absolute Gasteiger partial charge is 0.318 e. The van der Waals surface area contributed by atoms with Crippen LogP contribution in [0, 0.1) is 12.7 Å². The molecule has 3 N–H and O–H groups in total. The van der Waals surface area contributed by atoms with Crippen molar-refractivity contribution in [1.29, 1.82) is 0 Å². The van der Waals surface area contributed by atoms with Crippen molar-refractivity contribution in [2.75, 3.05) is 5.32 Å². The van der Waals surface area contributed by atoms with Crippen molar-refractivity contribution in [3.8, 4) is 11.3 Å². The van der Waals surface area contributed by atoms with Crippen molar-refractivity contribution in [3.63, 3.8) is 0 Å². The minimum absolute atomic E-state index is 0.100. The smallest absolute Gasteiger partial charge is 0.258 e. The summed E-state index contributed by atoms with van der Waals surface area (Å²) in [5.74, 6) is -1.04. The zero-order valence-corrected chi connectivity index (χ0v) is 13.2. The number of aryl methyl sites for hydroxylation is 1. The van der Waals surface area contributed by atoms with E-state index in [4.69, 9.17) is 0 Å². The molecule has 0 aliphatic rings. The highest BCUT2D eigenvalue weighted by molar-refractivity contribution is 6.12. The lowest BCUT2D eigenvalue weighted by Gasteiger charge is -2.07. The van der Waals surface area contributed by atoms with Crippen LogP contribution < -0.4 is 5.32 Å². The van der Waals surface area contributed by atoms with E-state index in [1.54, 1.807) is 6.92 Å². The summed E-state index contributed by atoms with van der Waals surface area (Å²) in [4.78, 5) is 12.7. The lowest BCUT2D eigenvalue weighted by molar-refractivity contribution is 0.102. The lowest BCUT2D eigenvalue weighted by atomic mass is 10.1. The van der Waals surface area contributed by atoms with Gasteiger partial charge >= 0.3 is 0 Å². The van der Waals surface area contributed by atoms with Crippen LogP contribution >= 0.6 is 0 Å². The fraction of sp³-hybridized carbons (Fsp3) is 0.0588. The molecule has 0 saturated carbocycles. The number of nitrogens with one attached hydrogen (secondary N) is 3. The van der Waals surface area contributed by atoms with Crippen molar-refractivity contribution in [2.45, 2.75) is 6.92 Å². The molecule has 4 rings (SSSR count). The van der Waals surface area contributed by atoms with E-state index in [1.807, 2.05) is 30.3 Å². The van der Waals surface area contributed by atoms with Gasteiger partial charge < -0.3 is 5.32 Å². The Morgan fingerprint density at radius 3 is 2.72 bits per heavy atom. The number of halogens is 1. The standard InChI is InChI=1S/C17H13FN6O/c1-9-14(15(22-20-9)10-5-3-2-4-6-10)19-17(25)12-7-11(18)8-13-16(12)23-24-21-13/h2-8H,1H3,(H,19,25)(H,20,22)(H,21,23,24). The Morgan fingerprint density at radius 1 is 1.12 bits per heavy atom. The molecule has 0 atom stereocenters. The highest BCUT2D eigenvalue weighted by atomic mass is 19.1. The Bertz CT molecular complexity index is 1070. The van der Waals surface area contributed by atoms with Crippen molar-refractivity contribution in [1.82, 2.24) is 25.6 Å². The fourth-order valence-electron chi connectivity index (χ4n) is 2.66. The molecule has 0 spiro atoms. The first-order valence-corrected chi connectivity index (χ1v) is 7.55. The van der Waals surface area contributed by atoms with Gasteiger partial charge in [0.25, 0.3) is 5.91 Å². The normalized spacial score (nSPS) is 11.0. The third kappa shape index (κ3) is 2.63. The van der Waals surface area contributed by atoms with E-state index in [0.29, 0.717) is 22.6 Å². The number of H-pyrrole nitrogens is 2. The maximum Gasteiger partial charge on any atom is 0.258 e. The van der Waals surface area contributed by atoms with Crippen LogP contribution in [0.4, 0.5) is 10.1 Å². The van der Waals surface area contributed by atoms with Gasteiger partial charge in [0.1, 0.15) is 22.5 Å². The maximum absolute atomic E-state index is 13.8. The lowest BCUT2D eigenvalue weighted by Crippen LogP contribution is -2.14. The summed E-state index contributed by atoms with van der Waals surface area (Å²) in [5.41, 5.74) is 3.39. The third-order valence-electron chi connectivity index (χ3n) is 3.86. The Kier molecular flexibility index (Phi) is 3.50. The van der Waals surface area contributed by atoms with Crippen molar-refractivity contribution in [3.05, 3.63) is 59.5 Å². The number of aromatic nitrogens is 5. The number of anilines is 1. The number of carbonyl (C=O) groups excluding carboxylic acids is 1. The molecule has 2 aromatic heterocycles. The number of nitrogens with zero attached hydrogens (tertiary/aromatic N) is 3. The third-order valence-corrected chi connectivity index (χ3v) is 3.86. The van der Waals surface area contributed by atoms with Gasteiger partial charge in [-0.2, -0.15) is 20.5 Å². The Balaban J connectivity index is 1.74. The van der Waals surface area contributed by atoms with Crippen LogP contribution in [-0.2, 0) is 0 Å². The maximum atomic E-state index is 13.8. The minimum atomic E-state index is -0.557. The van der Waals surface area contributed by atoms with Crippen LogP contribution in [0.1, 0.15) is 16.1 Å². The topological polar surface area (TPSA) is 99.4 Å². The highest BCUT2D eigenvalue weighted by Gasteiger charge is 2.19. The zero-order valence-electron chi connectivity index (χ0n) is 13.2. The van der Waals surface area contributed by atoms with E-state index >= 15 is 0 Å². The molecular weight excluding hydrogens is 323 g/mol. The Morgan fingerprint density at radius 2 is 1.92 bits per heavy atom.